The van der Waals surface area contributed by atoms with Gasteiger partial charge in [-0.1, -0.05) is 24.0 Å². The van der Waals surface area contributed by atoms with Crippen LogP contribution < -0.4 is 0 Å². The molecule has 0 aliphatic heterocycles. The molecule has 0 radical (unpaired) electrons. The van der Waals surface area contributed by atoms with E-state index in [1.165, 1.54) is 12.5 Å². The van der Waals surface area contributed by atoms with Crippen LogP contribution in [0.1, 0.15) is 27.9 Å². The summed E-state index contributed by atoms with van der Waals surface area (Å²) in [4.78, 5) is 13.7. The summed E-state index contributed by atoms with van der Waals surface area (Å²) in [5.74, 6) is 5.77. The number of benzene rings is 1. The Morgan fingerprint density at radius 3 is 2.67 bits per heavy atom. The van der Waals surface area contributed by atoms with Gasteiger partial charge in [-0.2, -0.15) is 0 Å². The van der Waals surface area contributed by atoms with Gasteiger partial charge in [0.05, 0.1) is 18.4 Å². The minimum absolute atomic E-state index is 0.0736. The molecule has 0 spiro atoms. The van der Waals surface area contributed by atoms with E-state index in [1.807, 2.05) is 24.3 Å². The van der Waals surface area contributed by atoms with Gasteiger partial charge in [-0.3, -0.25) is 4.79 Å². The fourth-order valence-corrected chi connectivity index (χ4v) is 1.87. The summed E-state index contributed by atoms with van der Waals surface area (Å²) in [6, 6.07) is 9.37. The normalized spacial score (nSPS) is 9.81. The highest BCUT2D eigenvalue weighted by atomic mass is 16.3. The van der Waals surface area contributed by atoms with Crippen LogP contribution in [0.25, 0.3) is 0 Å². The van der Waals surface area contributed by atoms with Crippen LogP contribution in [0.4, 0.5) is 0 Å². The van der Waals surface area contributed by atoms with E-state index in [0.29, 0.717) is 18.5 Å². The average Bonchev–Trinajstić information content (AvgIpc) is 3.02. The highest BCUT2D eigenvalue weighted by Crippen LogP contribution is 2.10. The van der Waals surface area contributed by atoms with Crippen molar-refractivity contribution in [2.45, 2.75) is 13.0 Å². The summed E-state index contributed by atoms with van der Waals surface area (Å²) in [6.07, 6.45) is 3.41. The van der Waals surface area contributed by atoms with Gasteiger partial charge in [-0.15, -0.1) is 0 Å². The predicted molar refractivity (Wildman–Crippen MR) is 79.5 cm³/mol. The van der Waals surface area contributed by atoms with E-state index in [9.17, 15) is 4.79 Å². The van der Waals surface area contributed by atoms with Gasteiger partial charge in [-0.25, -0.2) is 0 Å². The molecule has 1 N–H and O–H groups in total. The van der Waals surface area contributed by atoms with Gasteiger partial charge in [-0.05, 0) is 23.8 Å². The number of furan rings is 1. The molecule has 0 fully saturated rings. The number of carbonyl (C=O) groups is 1. The molecule has 1 heterocycles. The van der Waals surface area contributed by atoms with Crippen LogP contribution in [0.3, 0.4) is 0 Å². The fraction of sp³-hybridized carbons (Fsp3) is 0.235. The van der Waals surface area contributed by atoms with Gasteiger partial charge in [0.15, 0.2) is 0 Å². The van der Waals surface area contributed by atoms with Crippen molar-refractivity contribution >= 4 is 5.91 Å². The molecule has 1 amide bonds. The first kappa shape index (κ1) is 14.9. The first-order valence-electron chi connectivity index (χ1n) is 6.67. The molecule has 0 aliphatic carbocycles. The van der Waals surface area contributed by atoms with E-state index < -0.39 is 0 Å². The summed E-state index contributed by atoms with van der Waals surface area (Å²) in [7, 11) is 1.75. The van der Waals surface area contributed by atoms with Crippen LogP contribution in [-0.2, 0) is 6.54 Å². The fourth-order valence-electron chi connectivity index (χ4n) is 1.87. The lowest BCUT2D eigenvalue weighted by Crippen LogP contribution is -2.25. The standard InChI is InChI=1S/C17H17NO3/c1-18(17(20)16-9-11-21-13-16)12-15-7-5-14(6-8-15)4-2-3-10-19/h5-9,11,13,19H,3,10,12H2,1H3. The second kappa shape index (κ2) is 7.32. The molecule has 0 atom stereocenters. The summed E-state index contributed by atoms with van der Waals surface area (Å²) in [5, 5.41) is 8.67. The molecule has 1 aromatic carbocycles. The third-order valence-electron chi connectivity index (χ3n) is 2.96. The van der Waals surface area contributed by atoms with Gasteiger partial charge < -0.3 is 14.4 Å². The average molecular weight is 283 g/mol. The first-order chi connectivity index (χ1) is 10.2. The molecule has 0 saturated heterocycles. The third kappa shape index (κ3) is 4.23. The van der Waals surface area contributed by atoms with E-state index in [4.69, 9.17) is 9.52 Å². The maximum absolute atomic E-state index is 12.1. The molecule has 2 aromatic rings. The summed E-state index contributed by atoms with van der Waals surface area (Å²) in [5.41, 5.74) is 2.47. The smallest absolute Gasteiger partial charge is 0.257 e. The van der Waals surface area contributed by atoms with Crippen molar-refractivity contribution in [2.24, 2.45) is 0 Å². The Bertz CT molecular complexity index is 633. The zero-order valence-corrected chi connectivity index (χ0v) is 11.9. The summed E-state index contributed by atoms with van der Waals surface area (Å²) < 4.78 is 4.92. The molecule has 4 heteroatoms. The highest BCUT2D eigenvalue weighted by Gasteiger charge is 2.12. The minimum atomic E-state index is -0.0736. The van der Waals surface area contributed by atoms with Crippen LogP contribution in [-0.4, -0.2) is 29.6 Å². The lowest BCUT2D eigenvalue weighted by atomic mass is 10.1. The predicted octanol–water partition coefficient (Wildman–Crippen LogP) is 2.29. The summed E-state index contributed by atoms with van der Waals surface area (Å²) >= 11 is 0. The number of hydrogen-bond donors (Lipinski definition) is 1. The second-order valence-corrected chi connectivity index (χ2v) is 4.65. The van der Waals surface area contributed by atoms with Gasteiger partial charge in [0.25, 0.3) is 5.91 Å². The maximum atomic E-state index is 12.1. The minimum Gasteiger partial charge on any atom is -0.472 e. The highest BCUT2D eigenvalue weighted by molar-refractivity contribution is 5.93. The number of rotatable bonds is 4. The van der Waals surface area contributed by atoms with Crippen molar-refractivity contribution in [1.82, 2.24) is 4.90 Å². The molecular formula is C17H17NO3. The number of amides is 1. The quantitative estimate of drug-likeness (QED) is 0.876. The molecule has 0 bridgehead atoms. The zero-order chi connectivity index (χ0) is 15.1. The number of aliphatic hydroxyl groups excluding tert-OH is 1. The van der Waals surface area contributed by atoms with Crippen LogP contribution >= 0.6 is 0 Å². The summed E-state index contributed by atoms with van der Waals surface area (Å²) in [6.45, 7) is 0.598. The molecule has 108 valence electrons. The monoisotopic (exact) mass is 283 g/mol. The van der Waals surface area contributed by atoms with Crippen LogP contribution in [0.5, 0.6) is 0 Å². The molecule has 21 heavy (non-hydrogen) atoms. The van der Waals surface area contributed by atoms with Gasteiger partial charge in [0.2, 0.25) is 0 Å². The Hall–Kier alpha value is -2.51. The van der Waals surface area contributed by atoms with Crippen LogP contribution in [0, 0.1) is 11.8 Å². The number of aliphatic hydroxyl groups is 1. The first-order valence-corrected chi connectivity index (χ1v) is 6.67. The molecule has 0 unspecified atom stereocenters. The Morgan fingerprint density at radius 2 is 2.05 bits per heavy atom. The van der Waals surface area contributed by atoms with Gasteiger partial charge in [0.1, 0.15) is 6.26 Å². The Balaban J connectivity index is 1.97. The Morgan fingerprint density at radius 1 is 1.29 bits per heavy atom. The third-order valence-corrected chi connectivity index (χ3v) is 2.96. The Kier molecular flexibility index (Phi) is 5.19. The Labute approximate surface area is 124 Å². The lowest BCUT2D eigenvalue weighted by Gasteiger charge is -2.16. The van der Waals surface area contributed by atoms with Crippen molar-refractivity contribution in [1.29, 1.82) is 0 Å². The zero-order valence-electron chi connectivity index (χ0n) is 11.9. The molecule has 0 aliphatic rings. The maximum Gasteiger partial charge on any atom is 0.257 e. The van der Waals surface area contributed by atoms with E-state index in [-0.39, 0.29) is 12.5 Å². The van der Waals surface area contributed by atoms with Crippen molar-refractivity contribution in [2.75, 3.05) is 13.7 Å². The van der Waals surface area contributed by atoms with E-state index in [1.54, 1.807) is 18.0 Å². The number of carbonyl (C=O) groups excluding carboxylic acids is 1. The van der Waals surface area contributed by atoms with E-state index in [0.717, 1.165) is 11.1 Å². The van der Waals surface area contributed by atoms with Crippen LogP contribution in [0.15, 0.2) is 47.3 Å². The SMILES string of the molecule is CN(Cc1ccc(C#CCCO)cc1)C(=O)c1ccoc1. The number of hydrogen-bond acceptors (Lipinski definition) is 3. The second-order valence-electron chi connectivity index (χ2n) is 4.65. The van der Waals surface area contributed by atoms with Gasteiger partial charge >= 0.3 is 0 Å². The van der Waals surface area contributed by atoms with Crippen molar-refractivity contribution in [3.63, 3.8) is 0 Å². The number of nitrogens with zero attached hydrogens (tertiary/aromatic N) is 1. The van der Waals surface area contributed by atoms with E-state index >= 15 is 0 Å². The van der Waals surface area contributed by atoms with Crippen LogP contribution in [0.2, 0.25) is 0 Å². The van der Waals surface area contributed by atoms with Crippen molar-refractivity contribution < 1.29 is 14.3 Å². The van der Waals surface area contributed by atoms with Gasteiger partial charge in [0, 0.05) is 25.6 Å². The molecule has 1 aromatic heterocycles. The molecule has 0 saturated carbocycles. The van der Waals surface area contributed by atoms with Crippen molar-refractivity contribution in [3.8, 4) is 11.8 Å². The molecule has 2 rings (SSSR count). The lowest BCUT2D eigenvalue weighted by molar-refractivity contribution is 0.0784. The van der Waals surface area contributed by atoms with Crippen molar-refractivity contribution in [3.05, 3.63) is 59.5 Å². The largest absolute Gasteiger partial charge is 0.472 e. The topological polar surface area (TPSA) is 53.7 Å². The molecule has 4 nitrogen and oxygen atoms in total. The van der Waals surface area contributed by atoms with E-state index in [2.05, 4.69) is 11.8 Å². The molecular weight excluding hydrogens is 266 g/mol.